The average Bonchev–Trinajstić information content (AvgIpc) is 3.07. The van der Waals surface area contributed by atoms with E-state index >= 15 is 0 Å². The molecule has 0 saturated heterocycles. The first-order valence-corrected chi connectivity index (χ1v) is 6.88. The van der Waals surface area contributed by atoms with E-state index in [0.29, 0.717) is 5.76 Å². The Labute approximate surface area is 122 Å². The van der Waals surface area contributed by atoms with Crippen molar-refractivity contribution in [3.63, 3.8) is 0 Å². The van der Waals surface area contributed by atoms with Crippen LogP contribution in [0.5, 0.6) is 0 Å². The number of amides is 3. The summed E-state index contributed by atoms with van der Waals surface area (Å²) < 4.78 is 9.77. The fourth-order valence-electron chi connectivity index (χ4n) is 2.26. The maximum atomic E-state index is 11.6. The predicted molar refractivity (Wildman–Crippen MR) is 72.7 cm³/mol. The Morgan fingerprint density at radius 2 is 2.05 bits per heavy atom. The summed E-state index contributed by atoms with van der Waals surface area (Å²) in [6.45, 7) is 1.10. The van der Waals surface area contributed by atoms with E-state index in [1.165, 1.54) is 12.3 Å². The topological polar surface area (TPSA) is 97.6 Å². The number of ether oxygens (including phenoxy) is 1. The summed E-state index contributed by atoms with van der Waals surface area (Å²) >= 11 is 0. The van der Waals surface area contributed by atoms with Gasteiger partial charge in [-0.05, 0) is 25.8 Å². The van der Waals surface area contributed by atoms with Gasteiger partial charge in [-0.3, -0.25) is 10.1 Å². The minimum atomic E-state index is -0.667. The Morgan fingerprint density at radius 1 is 1.33 bits per heavy atom. The second-order valence-corrected chi connectivity index (χ2v) is 4.97. The van der Waals surface area contributed by atoms with Crippen molar-refractivity contribution in [3.8, 4) is 0 Å². The summed E-state index contributed by atoms with van der Waals surface area (Å²) in [4.78, 5) is 34.7. The fraction of sp³-hybridized carbons (Fsp3) is 0.500. The third-order valence-corrected chi connectivity index (χ3v) is 3.36. The van der Waals surface area contributed by atoms with Gasteiger partial charge in [-0.25, -0.2) is 9.59 Å². The smallest absolute Gasteiger partial charge is 0.342 e. The van der Waals surface area contributed by atoms with Gasteiger partial charge in [-0.1, -0.05) is 12.8 Å². The van der Waals surface area contributed by atoms with Crippen molar-refractivity contribution in [2.24, 2.45) is 0 Å². The Balaban J connectivity index is 1.70. The van der Waals surface area contributed by atoms with Crippen LogP contribution in [0.15, 0.2) is 16.7 Å². The number of nitrogens with one attached hydrogen (secondary N) is 2. The molecule has 1 aromatic rings. The van der Waals surface area contributed by atoms with E-state index in [1.54, 1.807) is 6.92 Å². The van der Waals surface area contributed by atoms with Gasteiger partial charge in [0.05, 0.1) is 6.26 Å². The second kappa shape index (κ2) is 6.92. The maximum absolute atomic E-state index is 11.6. The number of furan rings is 1. The molecule has 21 heavy (non-hydrogen) atoms. The van der Waals surface area contributed by atoms with Crippen molar-refractivity contribution in [2.45, 2.75) is 38.6 Å². The third-order valence-electron chi connectivity index (χ3n) is 3.36. The van der Waals surface area contributed by atoms with E-state index in [9.17, 15) is 14.4 Å². The first-order valence-electron chi connectivity index (χ1n) is 6.88. The number of hydrogen-bond donors (Lipinski definition) is 2. The first-order chi connectivity index (χ1) is 10.1. The Hall–Kier alpha value is -2.31. The zero-order chi connectivity index (χ0) is 15.2. The molecule has 0 atom stereocenters. The summed E-state index contributed by atoms with van der Waals surface area (Å²) in [6.07, 6.45) is 5.38. The number of imide groups is 1. The third kappa shape index (κ3) is 4.34. The largest absolute Gasteiger partial charge is 0.469 e. The summed E-state index contributed by atoms with van der Waals surface area (Å²) in [5.41, 5.74) is 0.262. The van der Waals surface area contributed by atoms with E-state index < -0.39 is 24.5 Å². The van der Waals surface area contributed by atoms with Crippen molar-refractivity contribution in [3.05, 3.63) is 23.7 Å². The zero-order valence-corrected chi connectivity index (χ0v) is 11.8. The van der Waals surface area contributed by atoms with Crippen LogP contribution in [0.4, 0.5) is 4.79 Å². The van der Waals surface area contributed by atoms with Crippen LogP contribution in [0, 0.1) is 6.92 Å². The number of rotatable bonds is 4. The van der Waals surface area contributed by atoms with Crippen molar-refractivity contribution in [1.29, 1.82) is 0 Å². The summed E-state index contributed by atoms with van der Waals surface area (Å²) in [5.74, 6) is -0.910. The number of carbonyl (C=O) groups is 3. The van der Waals surface area contributed by atoms with Gasteiger partial charge in [0, 0.05) is 6.04 Å². The van der Waals surface area contributed by atoms with Gasteiger partial charge in [0.1, 0.15) is 11.3 Å². The molecule has 0 bridgehead atoms. The molecular formula is C14H18N2O5. The minimum absolute atomic E-state index is 0.119. The number of urea groups is 1. The first kappa shape index (κ1) is 15.1. The van der Waals surface area contributed by atoms with Crippen LogP contribution in [0.1, 0.15) is 41.8 Å². The SMILES string of the molecule is Cc1occc1C(=O)OCC(=O)NC(=O)NC1CCCC1. The molecule has 1 aromatic heterocycles. The van der Waals surface area contributed by atoms with Gasteiger partial charge < -0.3 is 14.5 Å². The summed E-state index contributed by atoms with van der Waals surface area (Å²) in [7, 11) is 0. The highest BCUT2D eigenvalue weighted by molar-refractivity contribution is 5.97. The van der Waals surface area contributed by atoms with Crippen molar-refractivity contribution in [1.82, 2.24) is 10.6 Å². The molecule has 0 radical (unpaired) electrons. The quantitative estimate of drug-likeness (QED) is 0.820. The van der Waals surface area contributed by atoms with Crippen LogP contribution in [0.2, 0.25) is 0 Å². The highest BCUT2D eigenvalue weighted by Crippen LogP contribution is 2.17. The van der Waals surface area contributed by atoms with E-state index in [2.05, 4.69) is 10.6 Å². The van der Waals surface area contributed by atoms with Gasteiger partial charge in [0.15, 0.2) is 6.61 Å². The van der Waals surface area contributed by atoms with E-state index in [4.69, 9.17) is 9.15 Å². The Bertz CT molecular complexity index is 531. The molecule has 114 valence electrons. The molecule has 7 nitrogen and oxygen atoms in total. The second-order valence-electron chi connectivity index (χ2n) is 4.97. The van der Waals surface area contributed by atoms with Crippen LogP contribution in [-0.4, -0.2) is 30.6 Å². The molecule has 0 aromatic carbocycles. The predicted octanol–water partition coefficient (Wildman–Crippen LogP) is 1.51. The molecule has 3 amide bonds. The highest BCUT2D eigenvalue weighted by Gasteiger charge is 2.19. The lowest BCUT2D eigenvalue weighted by molar-refractivity contribution is -0.123. The molecule has 2 rings (SSSR count). The van der Waals surface area contributed by atoms with Crippen LogP contribution in [-0.2, 0) is 9.53 Å². The molecule has 1 aliphatic carbocycles. The van der Waals surface area contributed by atoms with Crippen LogP contribution in [0.3, 0.4) is 0 Å². The number of carbonyl (C=O) groups excluding carboxylic acids is 3. The highest BCUT2D eigenvalue weighted by atomic mass is 16.5. The molecule has 1 saturated carbocycles. The maximum Gasteiger partial charge on any atom is 0.342 e. The van der Waals surface area contributed by atoms with Crippen LogP contribution in [0.25, 0.3) is 0 Å². The zero-order valence-electron chi connectivity index (χ0n) is 11.8. The fourth-order valence-corrected chi connectivity index (χ4v) is 2.26. The van der Waals surface area contributed by atoms with Crippen molar-refractivity contribution in [2.75, 3.05) is 6.61 Å². The molecule has 0 unspecified atom stereocenters. The molecule has 7 heteroatoms. The lowest BCUT2D eigenvalue weighted by atomic mass is 10.2. The summed E-state index contributed by atoms with van der Waals surface area (Å²) in [5, 5.41) is 4.84. The molecule has 1 heterocycles. The molecule has 2 N–H and O–H groups in total. The molecule has 0 spiro atoms. The van der Waals surface area contributed by atoms with E-state index in [-0.39, 0.29) is 11.6 Å². The Kier molecular flexibility index (Phi) is 4.97. The number of hydrogen-bond acceptors (Lipinski definition) is 5. The summed E-state index contributed by atoms with van der Waals surface area (Å²) in [6, 6.07) is 1.03. The monoisotopic (exact) mass is 294 g/mol. The normalized spacial score (nSPS) is 14.7. The van der Waals surface area contributed by atoms with Gasteiger partial charge in [0.25, 0.3) is 5.91 Å². The minimum Gasteiger partial charge on any atom is -0.469 e. The molecule has 1 fully saturated rings. The van der Waals surface area contributed by atoms with Gasteiger partial charge in [0.2, 0.25) is 0 Å². The van der Waals surface area contributed by atoms with E-state index in [0.717, 1.165) is 25.7 Å². The van der Waals surface area contributed by atoms with Crippen LogP contribution >= 0.6 is 0 Å². The van der Waals surface area contributed by atoms with Crippen molar-refractivity contribution >= 4 is 17.9 Å². The van der Waals surface area contributed by atoms with Crippen LogP contribution < -0.4 is 10.6 Å². The van der Waals surface area contributed by atoms with Gasteiger partial charge in [-0.2, -0.15) is 0 Å². The van der Waals surface area contributed by atoms with Crippen molar-refractivity contribution < 1.29 is 23.5 Å². The lowest BCUT2D eigenvalue weighted by Crippen LogP contribution is -2.45. The number of esters is 1. The van der Waals surface area contributed by atoms with E-state index in [1.807, 2.05) is 0 Å². The Morgan fingerprint density at radius 3 is 2.67 bits per heavy atom. The van der Waals surface area contributed by atoms with Gasteiger partial charge >= 0.3 is 12.0 Å². The lowest BCUT2D eigenvalue weighted by Gasteiger charge is -2.12. The average molecular weight is 294 g/mol. The molecule has 0 aliphatic heterocycles. The molecular weight excluding hydrogens is 276 g/mol. The standard InChI is InChI=1S/C14H18N2O5/c1-9-11(6-7-20-9)13(18)21-8-12(17)16-14(19)15-10-4-2-3-5-10/h6-7,10H,2-5,8H2,1H3,(H2,15,16,17,19). The molecule has 1 aliphatic rings. The number of aryl methyl sites for hydroxylation is 1. The van der Waals surface area contributed by atoms with Gasteiger partial charge in [-0.15, -0.1) is 0 Å².